The molecular formula is C9H12ClN3O2. The summed E-state index contributed by atoms with van der Waals surface area (Å²) in [6.45, 7) is 2.32. The summed E-state index contributed by atoms with van der Waals surface area (Å²) in [5.41, 5.74) is 0.337. The van der Waals surface area contributed by atoms with E-state index in [2.05, 4.69) is 15.6 Å². The lowest BCUT2D eigenvalue weighted by atomic mass is 10.4. The Kier molecular flexibility index (Phi) is 4.17. The number of hydrogen-bond donors (Lipinski definition) is 3. The van der Waals surface area contributed by atoms with E-state index in [-0.39, 0.29) is 18.4 Å². The number of hydrogen-bond acceptors (Lipinski definition) is 2. The molecule has 5 nitrogen and oxygen atoms in total. The third kappa shape index (κ3) is 3.63. The van der Waals surface area contributed by atoms with Gasteiger partial charge < -0.3 is 15.6 Å². The first-order valence-corrected chi connectivity index (χ1v) is 4.90. The van der Waals surface area contributed by atoms with Crippen molar-refractivity contribution in [2.45, 2.75) is 6.92 Å². The quantitative estimate of drug-likeness (QED) is 0.705. The molecule has 2 amide bonds. The van der Waals surface area contributed by atoms with Crippen LogP contribution in [0.4, 0.5) is 0 Å². The molecule has 0 aromatic carbocycles. The second-order valence-electron chi connectivity index (χ2n) is 2.87. The van der Waals surface area contributed by atoms with E-state index in [0.29, 0.717) is 17.3 Å². The molecule has 0 aliphatic rings. The lowest BCUT2D eigenvalue weighted by Gasteiger charge is -2.03. The highest BCUT2D eigenvalue weighted by Crippen LogP contribution is 2.08. The first-order chi connectivity index (χ1) is 7.13. The molecule has 1 aromatic rings. The van der Waals surface area contributed by atoms with Crippen molar-refractivity contribution in [2.75, 3.05) is 13.1 Å². The van der Waals surface area contributed by atoms with Gasteiger partial charge >= 0.3 is 0 Å². The molecule has 0 atom stereocenters. The Morgan fingerprint density at radius 2 is 2.20 bits per heavy atom. The van der Waals surface area contributed by atoms with Crippen LogP contribution in [0, 0.1) is 0 Å². The van der Waals surface area contributed by atoms with Gasteiger partial charge in [-0.1, -0.05) is 11.6 Å². The van der Waals surface area contributed by atoms with E-state index in [1.54, 1.807) is 0 Å². The van der Waals surface area contributed by atoms with Crippen molar-refractivity contribution in [3.8, 4) is 0 Å². The highest BCUT2D eigenvalue weighted by Gasteiger charge is 2.08. The van der Waals surface area contributed by atoms with Crippen molar-refractivity contribution < 1.29 is 9.59 Å². The van der Waals surface area contributed by atoms with Gasteiger partial charge in [0.1, 0.15) is 5.69 Å². The maximum absolute atomic E-state index is 11.4. The number of H-pyrrole nitrogens is 1. The van der Waals surface area contributed by atoms with Crippen LogP contribution in [0.3, 0.4) is 0 Å². The van der Waals surface area contributed by atoms with Gasteiger partial charge in [0.05, 0.1) is 11.6 Å². The predicted octanol–water partition coefficient (Wildman–Crippen LogP) is 0.534. The summed E-state index contributed by atoms with van der Waals surface area (Å²) in [6, 6.07) is 1.49. The number of aromatic nitrogens is 1. The number of amides is 2. The van der Waals surface area contributed by atoms with E-state index >= 15 is 0 Å². The monoisotopic (exact) mass is 229 g/mol. The predicted molar refractivity (Wildman–Crippen MR) is 56.8 cm³/mol. The number of halogens is 1. The Bertz CT molecular complexity index is 362. The molecule has 0 radical (unpaired) electrons. The SMILES string of the molecule is CCNC(=O)CNC(=O)c1cc(Cl)c[nH]1. The molecule has 0 bridgehead atoms. The summed E-state index contributed by atoms with van der Waals surface area (Å²) >= 11 is 5.63. The minimum Gasteiger partial charge on any atom is -0.356 e. The van der Waals surface area contributed by atoms with Crippen molar-refractivity contribution in [1.29, 1.82) is 0 Å². The highest BCUT2D eigenvalue weighted by molar-refractivity contribution is 6.30. The zero-order valence-corrected chi connectivity index (χ0v) is 9.02. The van der Waals surface area contributed by atoms with Crippen LogP contribution < -0.4 is 10.6 Å². The zero-order chi connectivity index (χ0) is 11.3. The van der Waals surface area contributed by atoms with Crippen molar-refractivity contribution in [2.24, 2.45) is 0 Å². The van der Waals surface area contributed by atoms with Gasteiger partial charge in [-0.3, -0.25) is 9.59 Å². The van der Waals surface area contributed by atoms with Crippen LogP contribution in [0.2, 0.25) is 5.02 Å². The van der Waals surface area contributed by atoms with Crippen molar-refractivity contribution in [3.05, 3.63) is 23.0 Å². The van der Waals surface area contributed by atoms with Gasteiger partial charge in [0, 0.05) is 12.7 Å². The number of likely N-dealkylation sites (N-methyl/N-ethyl adjacent to an activating group) is 1. The number of aromatic amines is 1. The third-order valence-corrected chi connectivity index (χ3v) is 1.89. The van der Waals surface area contributed by atoms with Gasteiger partial charge in [-0.2, -0.15) is 0 Å². The summed E-state index contributed by atoms with van der Waals surface area (Å²) in [6.07, 6.45) is 1.50. The smallest absolute Gasteiger partial charge is 0.268 e. The Balaban J connectivity index is 2.40. The lowest BCUT2D eigenvalue weighted by molar-refractivity contribution is -0.120. The van der Waals surface area contributed by atoms with Gasteiger partial charge in [0.15, 0.2) is 0 Å². The minimum absolute atomic E-state index is 0.0384. The molecule has 0 saturated heterocycles. The van der Waals surface area contributed by atoms with Gasteiger partial charge in [0.2, 0.25) is 5.91 Å². The topological polar surface area (TPSA) is 74.0 Å². The number of rotatable bonds is 4. The van der Waals surface area contributed by atoms with Crippen LogP contribution in [0.25, 0.3) is 0 Å². The van der Waals surface area contributed by atoms with Crippen LogP contribution >= 0.6 is 11.6 Å². The van der Waals surface area contributed by atoms with E-state index in [1.165, 1.54) is 12.3 Å². The number of carbonyl (C=O) groups is 2. The average Bonchev–Trinajstić information content (AvgIpc) is 2.62. The number of nitrogens with one attached hydrogen (secondary N) is 3. The van der Waals surface area contributed by atoms with E-state index in [0.717, 1.165) is 0 Å². The maximum Gasteiger partial charge on any atom is 0.268 e. The second kappa shape index (κ2) is 5.41. The molecule has 0 fully saturated rings. The fourth-order valence-corrected chi connectivity index (χ4v) is 1.18. The minimum atomic E-state index is -0.354. The van der Waals surface area contributed by atoms with Crippen LogP contribution in [0.15, 0.2) is 12.3 Å². The molecule has 82 valence electrons. The Hall–Kier alpha value is -1.49. The van der Waals surface area contributed by atoms with Crippen LogP contribution in [-0.4, -0.2) is 29.9 Å². The molecule has 3 N–H and O–H groups in total. The summed E-state index contributed by atoms with van der Waals surface area (Å²) in [5, 5.41) is 5.48. The molecule has 0 aliphatic carbocycles. The van der Waals surface area contributed by atoms with E-state index in [9.17, 15) is 9.59 Å². The van der Waals surface area contributed by atoms with E-state index in [1.807, 2.05) is 6.92 Å². The fraction of sp³-hybridized carbons (Fsp3) is 0.333. The first-order valence-electron chi connectivity index (χ1n) is 4.52. The third-order valence-electron chi connectivity index (χ3n) is 1.68. The molecule has 0 spiro atoms. The summed E-state index contributed by atoms with van der Waals surface area (Å²) in [4.78, 5) is 25.1. The van der Waals surface area contributed by atoms with Crippen molar-refractivity contribution >= 4 is 23.4 Å². The van der Waals surface area contributed by atoms with Crippen molar-refractivity contribution in [3.63, 3.8) is 0 Å². The molecule has 1 aromatic heterocycles. The first kappa shape index (κ1) is 11.6. The Labute approximate surface area is 92.2 Å². The highest BCUT2D eigenvalue weighted by atomic mass is 35.5. The number of carbonyl (C=O) groups excluding carboxylic acids is 2. The van der Waals surface area contributed by atoms with Gasteiger partial charge in [-0.05, 0) is 13.0 Å². The van der Waals surface area contributed by atoms with E-state index < -0.39 is 0 Å². The Morgan fingerprint density at radius 3 is 2.73 bits per heavy atom. The molecule has 6 heteroatoms. The lowest BCUT2D eigenvalue weighted by Crippen LogP contribution is -2.36. The molecule has 1 rings (SSSR count). The van der Waals surface area contributed by atoms with Gasteiger partial charge in [-0.15, -0.1) is 0 Å². The summed E-state index contributed by atoms with van der Waals surface area (Å²) in [7, 11) is 0. The molecule has 15 heavy (non-hydrogen) atoms. The summed E-state index contributed by atoms with van der Waals surface area (Å²) in [5.74, 6) is -0.573. The fourth-order valence-electron chi connectivity index (χ4n) is 1.01. The molecule has 0 saturated carbocycles. The zero-order valence-electron chi connectivity index (χ0n) is 8.26. The standard InChI is InChI=1S/C9H12ClN3O2/c1-2-11-8(14)5-13-9(15)7-3-6(10)4-12-7/h3-4,12H,2,5H2,1H3,(H,11,14)(H,13,15). The van der Waals surface area contributed by atoms with Crippen LogP contribution in [0.5, 0.6) is 0 Å². The second-order valence-corrected chi connectivity index (χ2v) is 3.30. The maximum atomic E-state index is 11.4. The molecular weight excluding hydrogens is 218 g/mol. The Morgan fingerprint density at radius 1 is 1.47 bits per heavy atom. The van der Waals surface area contributed by atoms with Crippen molar-refractivity contribution in [1.82, 2.24) is 15.6 Å². The van der Waals surface area contributed by atoms with E-state index in [4.69, 9.17) is 11.6 Å². The molecule has 0 unspecified atom stereocenters. The average molecular weight is 230 g/mol. The summed E-state index contributed by atoms with van der Waals surface area (Å²) < 4.78 is 0. The van der Waals surface area contributed by atoms with Crippen LogP contribution in [0.1, 0.15) is 17.4 Å². The molecule has 0 aliphatic heterocycles. The van der Waals surface area contributed by atoms with Gasteiger partial charge in [-0.25, -0.2) is 0 Å². The largest absolute Gasteiger partial charge is 0.356 e. The van der Waals surface area contributed by atoms with Gasteiger partial charge in [0.25, 0.3) is 5.91 Å². The van der Waals surface area contributed by atoms with Crippen LogP contribution in [-0.2, 0) is 4.79 Å². The normalized spacial score (nSPS) is 9.73. The molecule has 1 heterocycles.